The van der Waals surface area contributed by atoms with Gasteiger partial charge in [0.2, 0.25) is 5.91 Å². The first-order chi connectivity index (χ1) is 24.9. The molecule has 0 heterocycles. The van der Waals surface area contributed by atoms with Crippen molar-refractivity contribution in [2.24, 2.45) is 23.7 Å². The summed E-state index contributed by atoms with van der Waals surface area (Å²) in [6, 6.07) is 43.8. The van der Waals surface area contributed by atoms with Crippen LogP contribution >= 0.6 is 0 Å². The van der Waals surface area contributed by atoms with Gasteiger partial charge < -0.3 is 24.2 Å². The number of amides is 1. The standard InChI is InChI=1S/C42H37NO8/c44-39(43(25-29-13-5-1-6-14-29)26-30-21-23-34(24-22-30)51-33-19-11-4-12-20-33)35-37(41(47)49-27-31-15-7-2-8-16-31)36(40(45)46)38(35)42(48)50-28-32-17-9-3-10-18-32/h1-24,35-38H,25-28H2,(H,45,46)/t35-,36-,37-,38-/m0/s1. The minimum Gasteiger partial charge on any atom is -0.481 e. The third-order valence-electron chi connectivity index (χ3n) is 8.91. The summed E-state index contributed by atoms with van der Waals surface area (Å²) in [5.74, 6) is -8.04. The Hall–Kier alpha value is -6.22. The summed E-state index contributed by atoms with van der Waals surface area (Å²) < 4.78 is 17.1. The zero-order chi connectivity index (χ0) is 35.6. The molecule has 1 aliphatic rings. The van der Waals surface area contributed by atoms with Crippen molar-refractivity contribution in [1.29, 1.82) is 0 Å². The Morgan fingerprint density at radius 3 is 1.31 bits per heavy atom. The quantitative estimate of drug-likeness (QED) is 0.124. The van der Waals surface area contributed by atoms with Gasteiger partial charge >= 0.3 is 17.9 Å². The van der Waals surface area contributed by atoms with E-state index in [4.69, 9.17) is 14.2 Å². The van der Waals surface area contributed by atoms with Crippen LogP contribution in [0.2, 0.25) is 0 Å². The zero-order valence-corrected chi connectivity index (χ0v) is 27.7. The summed E-state index contributed by atoms with van der Waals surface area (Å²) in [6.07, 6.45) is 0. The molecule has 1 N–H and O–H groups in total. The number of benzene rings is 5. The van der Waals surface area contributed by atoms with E-state index in [1.54, 1.807) is 65.6 Å². The molecule has 1 amide bonds. The number of carboxylic acid groups (broad SMARTS) is 1. The number of ether oxygens (including phenoxy) is 3. The van der Waals surface area contributed by atoms with Crippen LogP contribution in [-0.4, -0.2) is 33.8 Å². The SMILES string of the molecule is O=C(OCc1ccccc1)[C@@H]1[C@H](C(=O)O)[C@@H](C(=O)OCc2ccccc2)[C@H]1C(=O)N(Cc1ccccc1)Cc1ccc(Oc2ccccc2)cc1. The maximum atomic E-state index is 14.7. The summed E-state index contributed by atoms with van der Waals surface area (Å²) in [4.78, 5) is 56.3. The van der Waals surface area contributed by atoms with Crippen LogP contribution in [0.3, 0.4) is 0 Å². The van der Waals surface area contributed by atoms with Gasteiger partial charge in [0, 0.05) is 13.1 Å². The topological polar surface area (TPSA) is 119 Å². The molecule has 258 valence electrons. The van der Waals surface area contributed by atoms with Crippen molar-refractivity contribution in [1.82, 2.24) is 4.90 Å². The van der Waals surface area contributed by atoms with Crippen LogP contribution in [-0.2, 0) is 55.0 Å². The zero-order valence-electron chi connectivity index (χ0n) is 27.7. The average Bonchev–Trinajstić information content (AvgIpc) is 3.15. The Kier molecular flexibility index (Phi) is 11.2. The highest BCUT2D eigenvalue weighted by molar-refractivity contribution is 5.98. The minimum absolute atomic E-state index is 0.113. The first kappa shape index (κ1) is 34.6. The van der Waals surface area contributed by atoms with E-state index in [2.05, 4.69) is 0 Å². The number of carbonyl (C=O) groups is 4. The summed E-state index contributed by atoms with van der Waals surface area (Å²) in [5.41, 5.74) is 2.98. The minimum atomic E-state index is -1.52. The second kappa shape index (κ2) is 16.5. The van der Waals surface area contributed by atoms with Crippen LogP contribution in [0, 0.1) is 23.7 Å². The fraction of sp³-hybridized carbons (Fsp3) is 0.190. The molecule has 51 heavy (non-hydrogen) atoms. The van der Waals surface area contributed by atoms with Crippen LogP contribution in [0.4, 0.5) is 0 Å². The van der Waals surface area contributed by atoms with Gasteiger partial charge in [-0.3, -0.25) is 19.2 Å². The van der Waals surface area contributed by atoms with Gasteiger partial charge in [-0.1, -0.05) is 121 Å². The van der Waals surface area contributed by atoms with E-state index in [-0.39, 0.29) is 26.3 Å². The van der Waals surface area contributed by atoms with Gasteiger partial charge in [-0.25, -0.2) is 0 Å². The number of hydrogen-bond acceptors (Lipinski definition) is 7. The van der Waals surface area contributed by atoms with Gasteiger partial charge in [-0.05, 0) is 46.5 Å². The van der Waals surface area contributed by atoms with Gasteiger partial charge in [0.1, 0.15) is 24.7 Å². The van der Waals surface area contributed by atoms with Crippen LogP contribution < -0.4 is 4.74 Å². The van der Waals surface area contributed by atoms with Gasteiger partial charge in [-0.15, -0.1) is 0 Å². The van der Waals surface area contributed by atoms with Crippen molar-refractivity contribution in [3.8, 4) is 11.5 Å². The number of aliphatic carboxylic acids is 1. The van der Waals surface area contributed by atoms with E-state index < -0.39 is 47.5 Å². The van der Waals surface area contributed by atoms with Gasteiger partial charge in [0.15, 0.2) is 0 Å². The summed E-state index contributed by atoms with van der Waals surface area (Å²) in [7, 11) is 0. The number of carbonyl (C=O) groups excluding carboxylic acids is 3. The molecule has 0 aromatic heterocycles. The van der Waals surface area contributed by atoms with Gasteiger partial charge in [-0.2, -0.15) is 0 Å². The van der Waals surface area contributed by atoms with Crippen LogP contribution in [0.25, 0.3) is 0 Å². The van der Waals surface area contributed by atoms with Gasteiger partial charge in [0.25, 0.3) is 0 Å². The lowest BCUT2D eigenvalue weighted by Crippen LogP contribution is -2.62. The predicted molar refractivity (Wildman–Crippen MR) is 188 cm³/mol. The summed E-state index contributed by atoms with van der Waals surface area (Å²) >= 11 is 0. The number of nitrogens with zero attached hydrogens (tertiary/aromatic N) is 1. The molecule has 1 aliphatic carbocycles. The maximum absolute atomic E-state index is 14.7. The fourth-order valence-electron chi connectivity index (χ4n) is 6.33. The highest BCUT2D eigenvalue weighted by Gasteiger charge is 2.65. The molecule has 5 aromatic carbocycles. The van der Waals surface area contributed by atoms with E-state index in [1.807, 2.05) is 84.9 Å². The van der Waals surface area contributed by atoms with Crippen molar-refractivity contribution in [3.05, 3.63) is 168 Å². The number of esters is 2. The first-order valence-corrected chi connectivity index (χ1v) is 16.7. The lowest BCUT2D eigenvalue weighted by molar-refractivity contribution is -0.195. The Morgan fingerprint density at radius 2 is 0.863 bits per heavy atom. The first-order valence-electron chi connectivity index (χ1n) is 16.7. The molecule has 1 fully saturated rings. The number of hydrogen-bond donors (Lipinski definition) is 1. The molecule has 0 radical (unpaired) electrons. The predicted octanol–water partition coefficient (Wildman–Crippen LogP) is 7.06. The molecule has 0 spiro atoms. The van der Waals surface area contributed by atoms with E-state index in [1.165, 1.54) is 0 Å². The normalized spacial score (nSPS) is 17.7. The van der Waals surface area contributed by atoms with E-state index in [9.17, 15) is 24.3 Å². The molecule has 0 unspecified atom stereocenters. The van der Waals surface area contributed by atoms with Crippen molar-refractivity contribution in [3.63, 3.8) is 0 Å². The smallest absolute Gasteiger partial charge is 0.311 e. The molecule has 1 saturated carbocycles. The van der Waals surface area contributed by atoms with Crippen LogP contribution in [0.5, 0.6) is 11.5 Å². The molecule has 9 nitrogen and oxygen atoms in total. The lowest BCUT2D eigenvalue weighted by Gasteiger charge is -2.47. The largest absolute Gasteiger partial charge is 0.481 e. The number of para-hydroxylation sites is 1. The Labute approximate surface area is 296 Å². The fourth-order valence-corrected chi connectivity index (χ4v) is 6.33. The lowest BCUT2D eigenvalue weighted by atomic mass is 9.55. The van der Waals surface area contributed by atoms with E-state index >= 15 is 0 Å². The van der Waals surface area contributed by atoms with Gasteiger partial charge in [0.05, 0.1) is 23.7 Å². The number of carboxylic acids is 1. The third-order valence-corrected chi connectivity index (χ3v) is 8.91. The Balaban J connectivity index is 1.29. The Morgan fingerprint density at radius 1 is 0.471 bits per heavy atom. The van der Waals surface area contributed by atoms with Crippen molar-refractivity contribution < 1.29 is 38.5 Å². The van der Waals surface area contributed by atoms with E-state index in [0.717, 1.165) is 11.1 Å². The summed E-state index contributed by atoms with van der Waals surface area (Å²) in [5, 5.41) is 10.3. The van der Waals surface area contributed by atoms with Crippen molar-refractivity contribution in [2.75, 3.05) is 0 Å². The van der Waals surface area contributed by atoms with Crippen LogP contribution in [0.15, 0.2) is 146 Å². The monoisotopic (exact) mass is 683 g/mol. The molecule has 0 bridgehead atoms. The molecule has 6 rings (SSSR count). The molecular formula is C42H37NO8. The second-order valence-electron chi connectivity index (χ2n) is 12.4. The second-order valence-corrected chi connectivity index (χ2v) is 12.4. The summed E-state index contributed by atoms with van der Waals surface area (Å²) in [6.45, 7) is 0.0360. The van der Waals surface area contributed by atoms with Crippen molar-refractivity contribution in [2.45, 2.75) is 26.3 Å². The highest BCUT2D eigenvalue weighted by atomic mass is 16.5. The highest BCUT2D eigenvalue weighted by Crippen LogP contribution is 2.49. The van der Waals surface area contributed by atoms with E-state index in [0.29, 0.717) is 22.6 Å². The molecule has 0 aliphatic heterocycles. The Bertz CT molecular complexity index is 1850. The van der Waals surface area contributed by atoms with Crippen molar-refractivity contribution >= 4 is 23.8 Å². The van der Waals surface area contributed by atoms with Crippen LogP contribution in [0.1, 0.15) is 22.3 Å². The molecular weight excluding hydrogens is 646 g/mol. The maximum Gasteiger partial charge on any atom is 0.311 e. The average molecular weight is 684 g/mol. The molecule has 2 atom stereocenters. The molecule has 9 heteroatoms. The third kappa shape index (κ3) is 8.69. The molecule has 0 saturated heterocycles. The molecule has 5 aromatic rings. The number of rotatable bonds is 14.